The lowest BCUT2D eigenvalue weighted by atomic mass is 10.1. The van der Waals surface area contributed by atoms with Crippen LogP contribution in [0, 0.1) is 0 Å². The van der Waals surface area contributed by atoms with E-state index in [1.54, 1.807) is 24.3 Å². The average molecular weight is 261 g/mol. The van der Waals surface area contributed by atoms with Crippen molar-refractivity contribution >= 4 is 32.2 Å². The molecule has 0 heterocycles. The number of hydrogen-bond acceptors (Lipinski definition) is 2. The lowest BCUT2D eigenvalue weighted by Crippen LogP contribution is -2.08. The fourth-order valence-electron chi connectivity index (χ4n) is 1.03. The van der Waals surface area contributed by atoms with Gasteiger partial charge in [-0.1, -0.05) is 29.2 Å². The molecule has 0 saturated heterocycles. The van der Waals surface area contributed by atoms with Gasteiger partial charge in [0, 0.05) is 4.47 Å². The quantitative estimate of drug-likeness (QED) is 0.780. The van der Waals surface area contributed by atoms with Crippen molar-refractivity contribution in [3.8, 4) is 0 Å². The van der Waals surface area contributed by atoms with E-state index in [0.717, 1.165) is 4.47 Å². The van der Waals surface area contributed by atoms with E-state index in [1.807, 2.05) is 6.92 Å². The minimum absolute atomic E-state index is 0.217. The van der Waals surface area contributed by atoms with Crippen molar-refractivity contribution in [3.63, 3.8) is 0 Å². The van der Waals surface area contributed by atoms with Gasteiger partial charge in [0.1, 0.15) is 9.69 Å². The van der Waals surface area contributed by atoms with Crippen LogP contribution in [0.25, 0.3) is 0 Å². The van der Waals surface area contributed by atoms with Gasteiger partial charge >= 0.3 is 0 Å². The maximum absolute atomic E-state index is 11.5. The summed E-state index contributed by atoms with van der Waals surface area (Å²) in [5.74, 6) is 0. The largest absolute Gasteiger partial charge is 0.279 e. The highest BCUT2D eigenvalue weighted by molar-refractivity contribution is 9.10. The van der Waals surface area contributed by atoms with Gasteiger partial charge in [-0.05, 0) is 24.3 Å². The molecule has 0 unspecified atom stereocenters. The molecule has 0 bridgehead atoms. The average Bonchev–Trinajstić information content (AvgIpc) is 2.05. The van der Waals surface area contributed by atoms with E-state index in [1.165, 1.54) is 0 Å². The zero-order chi connectivity index (χ0) is 9.90. The Morgan fingerprint density at radius 3 is 2.31 bits per heavy atom. The van der Waals surface area contributed by atoms with E-state index in [0.29, 0.717) is 11.2 Å². The Balaban J connectivity index is 3.02. The molecule has 2 nitrogen and oxygen atoms in total. The van der Waals surface area contributed by atoms with Crippen LogP contribution in [0.1, 0.15) is 6.92 Å². The first-order valence-electron chi connectivity index (χ1n) is 4.04. The second kappa shape index (κ2) is 4.29. The van der Waals surface area contributed by atoms with Gasteiger partial charge in [-0.15, -0.1) is 0 Å². The summed E-state index contributed by atoms with van der Waals surface area (Å²) in [5, 5.41) is 0. The lowest BCUT2D eigenvalue weighted by molar-refractivity contribution is 0.608. The zero-order valence-electron chi connectivity index (χ0n) is 7.33. The second-order valence-corrected chi connectivity index (χ2v) is 5.80. The van der Waals surface area contributed by atoms with Gasteiger partial charge in [-0.25, -0.2) is 8.42 Å². The normalized spacial score (nSPS) is 11.2. The molecule has 13 heavy (non-hydrogen) atoms. The predicted molar refractivity (Wildman–Crippen MR) is 59.0 cm³/mol. The van der Waals surface area contributed by atoms with Gasteiger partial charge in [0.05, 0.1) is 4.90 Å². The van der Waals surface area contributed by atoms with Gasteiger partial charge in [0.25, 0.3) is 6.56 Å². The van der Waals surface area contributed by atoms with Crippen LogP contribution >= 0.6 is 15.9 Å². The van der Waals surface area contributed by atoms with Gasteiger partial charge < -0.3 is 0 Å². The summed E-state index contributed by atoms with van der Waals surface area (Å²) >= 11 is 3.26. The van der Waals surface area contributed by atoms with Crippen LogP contribution in [0.3, 0.4) is 0 Å². The number of benzene rings is 1. The Hall–Kier alpha value is -0.285. The summed E-state index contributed by atoms with van der Waals surface area (Å²) in [5.41, 5.74) is 0. The molecule has 1 aromatic carbocycles. The van der Waals surface area contributed by atoms with Crippen LogP contribution in [0.2, 0.25) is 6.32 Å². The molecule has 0 aromatic heterocycles. The summed E-state index contributed by atoms with van der Waals surface area (Å²) in [6.07, 6.45) is 0.651. The van der Waals surface area contributed by atoms with Crippen molar-refractivity contribution in [2.45, 2.75) is 18.1 Å². The second-order valence-electron chi connectivity index (χ2n) is 2.77. The Bertz CT molecular complexity index is 372. The molecule has 1 rings (SSSR count). The molecule has 0 fully saturated rings. The summed E-state index contributed by atoms with van der Waals surface area (Å²) in [7, 11) is -3.05. The number of hydrogen-bond donors (Lipinski definition) is 0. The van der Waals surface area contributed by atoms with E-state index in [-0.39, 0.29) is 6.56 Å². The number of halogens is 1. The maximum Gasteiger partial charge on any atom is 0.279 e. The number of rotatable bonds is 3. The van der Waals surface area contributed by atoms with E-state index in [4.69, 9.17) is 0 Å². The molecule has 0 aliphatic carbocycles. The molecule has 1 aromatic rings. The highest BCUT2D eigenvalue weighted by Gasteiger charge is 2.13. The Labute approximate surface area is 87.5 Å². The van der Waals surface area contributed by atoms with E-state index in [2.05, 4.69) is 15.9 Å². The van der Waals surface area contributed by atoms with Crippen LogP contribution in [0.15, 0.2) is 33.6 Å². The topological polar surface area (TPSA) is 34.1 Å². The van der Waals surface area contributed by atoms with Crippen LogP contribution in [0.5, 0.6) is 0 Å². The standard InChI is InChI=1S/C8H10BBrO2S/c1-2-9-13(11,12)8-5-3-7(10)4-6-8/h3-6,9H,2H2,1H3. The van der Waals surface area contributed by atoms with E-state index in [9.17, 15) is 8.42 Å². The molecule has 0 spiro atoms. The highest BCUT2D eigenvalue weighted by Crippen LogP contribution is 2.15. The van der Waals surface area contributed by atoms with Crippen LogP contribution in [-0.2, 0) is 9.69 Å². The Morgan fingerprint density at radius 1 is 1.31 bits per heavy atom. The Kier molecular flexibility index (Phi) is 3.56. The third-order valence-electron chi connectivity index (χ3n) is 1.65. The van der Waals surface area contributed by atoms with E-state index < -0.39 is 9.69 Å². The highest BCUT2D eigenvalue weighted by atomic mass is 79.9. The molecular weight excluding hydrogens is 251 g/mol. The third-order valence-corrected chi connectivity index (χ3v) is 4.11. The van der Waals surface area contributed by atoms with Crippen molar-refractivity contribution in [3.05, 3.63) is 28.7 Å². The minimum Gasteiger partial charge on any atom is -0.237 e. The SMILES string of the molecule is CCBS(=O)(=O)c1ccc(Br)cc1. The zero-order valence-corrected chi connectivity index (χ0v) is 9.73. The fourth-order valence-corrected chi connectivity index (χ4v) is 2.62. The smallest absolute Gasteiger partial charge is 0.237 e. The molecule has 0 aliphatic heterocycles. The summed E-state index contributed by atoms with van der Waals surface area (Å²) in [4.78, 5) is 0.401. The van der Waals surface area contributed by atoms with Crippen molar-refractivity contribution < 1.29 is 8.42 Å². The molecule has 0 radical (unpaired) electrons. The van der Waals surface area contributed by atoms with Crippen molar-refractivity contribution in [2.24, 2.45) is 0 Å². The maximum atomic E-state index is 11.5. The molecule has 0 N–H and O–H groups in total. The predicted octanol–water partition coefficient (Wildman–Crippen LogP) is 2.01. The van der Waals surface area contributed by atoms with Gasteiger partial charge in [-0.3, -0.25) is 0 Å². The first-order valence-corrected chi connectivity index (χ1v) is 6.49. The van der Waals surface area contributed by atoms with Crippen LogP contribution < -0.4 is 0 Å². The first-order chi connectivity index (χ1) is 6.06. The summed E-state index contributed by atoms with van der Waals surface area (Å²) in [6, 6.07) is 6.72. The molecule has 0 saturated carbocycles. The molecule has 70 valence electrons. The molecule has 0 amide bonds. The van der Waals surface area contributed by atoms with E-state index >= 15 is 0 Å². The van der Waals surface area contributed by atoms with Gasteiger partial charge in [0.2, 0.25) is 0 Å². The molecule has 5 heteroatoms. The summed E-state index contributed by atoms with van der Waals surface area (Å²) in [6.45, 7) is 2.07. The van der Waals surface area contributed by atoms with Crippen LogP contribution in [0.4, 0.5) is 0 Å². The molecule has 0 aliphatic rings. The lowest BCUT2D eigenvalue weighted by Gasteiger charge is -2.00. The van der Waals surface area contributed by atoms with Crippen LogP contribution in [-0.4, -0.2) is 15.0 Å². The van der Waals surface area contributed by atoms with Crippen molar-refractivity contribution in [1.29, 1.82) is 0 Å². The third kappa shape index (κ3) is 2.84. The Morgan fingerprint density at radius 2 is 1.85 bits per heavy atom. The summed E-state index contributed by atoms with van der Waals surface area (Å²) < 4.78 is 23.9. The van der Waals surface area contributed by atoms with Crippen molar-refractivity contribution in [1.82, 2.24) is 0 Å². The fraction of sp³-hybridized carbons (Fsp3) is 0.250. The van der Waals surface area contributed by atoms with Gasteiger partial charge in [-0.2, -0.15) is 0 Å². The molecular formula is C8H10BBrO2S. The molecule has 0 atom stereocenters. The first kappa shape index (κ1) is 10.8. The minimum atomic E-state index is -3.05. The van der Waals surface area contributed by atoms with Crippen molar-refractivity contribution in [2.75, 3.05) is 0 Å². The monoisotopic (exact) mass is 260 g/mol. The van der Waals surface area contributed by atoms with Gasteiger partial charge in [0.15, 0.2) is 0 Å².